The maximum atomic E-state index is 11.8. The van der Waals surface area contributed by atoms with Gasteiger partial charge in [-0.25, -0.2) is 4.79 Å². The number of rotatable bonds is 4. The lowest BCUT2D eigenvalue weighted by Crippen LogP contribution is -2.48. The number of nitrogens with zero attached hydrogens (tertiary/aromatic N) is 2. The Morgan fingerprint density at radius 3 is 2.43 bits per heavy atom. The first-order chi connectivity index (χ1) is 9.99. The smallest absolute Gasteiger partial charge is 0.350 e. The molecule has 2 N–H and O–H groups in total. The topological polar surface area (TPSA) is 58.8 Å². The van der Waals surface area contributed by atoms with Gasteiger partial charge in [0.05, 0.1) is 17.7 Å². The van der Waals surface area contributed by atoms with E-state index in [1.165, 1.54) is 18.4 Å². The molecule has 1 aromatic heterocycles. The molecule has 0 aromatic carbocycles. The summed E-state index contributed by atoms with van der Waals surface area (Å²) in [4.78, 5) is 18.1. The quantitative estimate of drug-likeness (QED) is 0.676. The van der Waals surface area contributed by atoms with Crippen molar-refractivity contribution >= 4 is 39.8 Å². The Morgan fingerprint density at radius 2 is 1.95 bits per heavy atom. The zero-order chi connectivity index (χ0) is 15.6. The molecule has 0 spiro atoms. The lowest BCUT2D eigenvalue weighted by Gasteiger charge is -2.37. The summed E-state index contributed by atoms with van der Waals surface area (Å²) in [5.74, 6) is -0.347. The van der Waals surface area contributed by atoms with Crippen LogP contribution >= 0.6 is 23.1 Å². The zero-order valence-electron chi connectivity index (χ0n) is 13.0. The minimum absolute atomic E-state index is 0.347. The van der Waals surface area contributed by atoms with Crippen LogP contribution < -0.4 is 10.6 Å². The van der Waals surface area contributed by atoms with Crippen LogP contribution in [0.1, 0.15) is 23.5 Å². The Labute approximate surface area is 134 Å². The van der Waals surface area contributed by atoms with E-state index >= 15 is 0 Å². The Hall–Kier alpha value is -0.920. The van der Waals surface area contributed by atoms with Crippen molar-refractivity contribution in [1.29, 1.82) is 0 Å². The molecule has 1 saturated heterocycles. The van der Waals surface area contributed by atoms with Crippen molar-refractivity contribution in [3.63, 3.8) is 0 Å². The van der Waals surface area contributed by atoms with Gasteiger partial charge in [-0.15, -0.1) is 23.1 Å². The van der Waals surface area contributed by atoms with Gasteiger partial charge in [0.15, 0.2) is 0 Å². The third kappa shape index (κ3) is 3.30. The summed E-state index contributed by atoms with van der Waals surface area (Å²) in [7, 11) is 1.39. The van der Waals surface area contributed by atoms with Crippen LogP contribution in [0.25, 0.3) is 0 Å². The van der Waals surface area contributed by atoms with E-state index in [4.69, 9.17) is 10.5 Å². The molecule has 0 bridgehead atoms. The molecule has 0 aliphatic carbocycles. The van der Waals surface area contributed by atoms with Gasteiger partial charge in [0.25, 0.3) is 0 Å². The van der Waals surface area contributed by atoms with Gasteiger partial charge in [-0.2, -0.15) is 0 Å². The first kappa shape index (κ1) is 16.5. The third-order valence-electron chi connectivity index (χ3n) is 3.79. The van der Waals surface area contributed by atoms with Crippen LogP contribution in [0.2, 0.25) is 0 Å². The minimum Gasteiger partial charge on any atom is -0.465 e. The summed E-state index contributed by atoms with van der Waals surface area (Å²) < 4.78 is 4.82. The predicted molar refractivity (Wildman–Crippen MR) is 90.8 cm³/mol. The molecular weight excluding hydrogens is 306 g/mol. The molecule has 7 heteroatoms. The molecule has 1 fully saturated rings. The predicted octanol–water partition coefficient (Wildman–Crippen LogP) is 2.37. The monoisotopic (exact) mass is 329 g/mol. The SMILES string of the molecule is COC(=O)c1sc(N2CCN(C(C)C)CC2)c(SC)c1N. The summed E-state index contributed by atoms with van der Waals surface area (Å²) in [6.45, 7) is 8.45. The van der Waals surface area contributed by atoms with Crippen LogP contribution in [0, 0.1) is 0 Å². The molecule has 21 heavy (non-hydrogen) atoms. The van der Waals surface area contributed by atoms with E-state index in [0.717, 1.165) is 36.1 Å². The Bertz CT molecular complexity index is 509. The first-order valence-electron chi connectivity index (χ1n) is 7.03. The number of esters is 1. The van der Waals surface area contributed by atoms with Crippen molar-refractivity contribution in [2.24, 2.45) is 0 Å². The maximum absolute atomic E-state index is 11.8. The molecule has 0 radical (unpaired) electrons. The molecule has 0 saturated carbocycles. The van der Waals surface area contributed by atoms with Gasteiger partial charge in [0.1, 0.15) is 9.88 Å². The number of ether oxygens (including phenoxy) is 1. The number of methoxy groups -OCH3 is 1. The normalized spacial score (nSPS) is 16.5. The van der Waals surface area contributed by atoms with Gasteiger partial charge in [-0.05, 0) is 20.1 Å². The number of thioether (sulfide) groups is 1. The minimum atomic E-state index is -0.347. The molecular formula is C14H23N3O2S2. The van der Waals surface area contributed by atoms with Gasteiger partial charge >= 0.3 is 5.97 Å². The van der Waals surface area contributed by atoms with Crippen molar-refractivity contribution < 1.29 is 9.53 Å². The second-order valence-electron chi connectivity index (χ2n) is 5.29. The lowest BCUT2D eigenvalue weighted by atomic mass is 10.2. The summed E-state index contributed by atoms with van der Waals surface area (Å²) in [6.07, 6.45) is 1.99. The van der Waals surface area contributed by atoms with Crippen LogP contribution in [0.4, 0.5) is 10.7 Å². The van der Waals surface area contributed by atoms with Crippen molar-refractivity contribution in [1.82, 2.24) is 4.90 Å². The summed E-state index contributed by atoms with van der Waals surface area (Å²) in [5, 5.41) is 1.10. The highest BCUT2D eigenvalue weighted by Gasteiger charge is 2.27. The molecule has 1 aromatic rings. The van der Waals surface area contributed by atoms with Crippen molar-refractivity contribution in [3.8, 4) is 0 Å². The number of nitrogens with two attached hydrogens (primary N) is 1. The first-order valence-corrected chi connectivity index (χ1v) is 9.07. The highest BCUT2D eigenvalue weighted by molar-refractivity contribution is 7.99. The molecule has 118 valence electrons. The van der Waals surface area contributed by atoms with Crippen LogP contribution in [-0.4, -0.2) is 56.5 Å². The van der Waals surface area contributed by atoms with E-state index in [1.807, 2.05) is 6.26 Å². The van der Waals surface area contributed by atoms with Gasteiger partial charge < -0.3 is 15.4 Å². The maximum Gasteiger partial charge on any atom is 0.350 e. The second-order valence-corrected chi connectivity index (χ2v) is 7.11. The molecule has 2 rings (SSSR count). The molecule has 0 atom stereocenters. The van der Waals surface area contributed by atoms with Crippen LogP contribution in [0.5, 0.6) is 0 Å². The van der Waals surface area contributed by atoms with Gasteiger partial charge in [0.2, 0.25) is 0 Å². The largest absolute Gasteiger partial charge is 0.465 e. The fraction of sp³-hybridized carbons (Fsp3) is 0.643. The number of piperazine rings is 1. The van der Waals surface area contributed by atoms with Crippen molar-refractivity contribution in [3.05, 3.63) is 4.88 Å². The van der Waals surface area contributed by atoms with Gasteiger partial charge in [-0.1, -0.05) is 0 Å². The molecule has 1 aliphatic heterocycles. The molecule has 0 amide bonds. The van der Waals surface area contributed by atoms with Gasteiger partial charge in [-0.3, -0.25) is 4.90 Å². The lowest BCUT2D eigenvalue weighted by molar-refractivity contribution is 0.0607. The number of hydrogen-bond acceptors (Lipinski definition) is 7. The fourth-order valence-corrected chi connectivity index (χ4v) is 4.66. The van der Waals surface area contributed by atoms with Gasteiger partial charge in [0, 0.05) is 32.2 Å². The number of carbonyl (C=O) groups excluding carboxylic acids is 1. The Balaban J connectivity index is 2.22. The third-order valence-corrected chi connectivity index (χ3v) is 5.99. The standard InChI is InChI=1S/C14H23N3O2S2/c1-9(2)16-5-7-17(8-6-16)13-11(20-4)10(15)12(21-13)14(18)19-3/h9H,5-8,15H2,1-4H3. The van der Waals surface area contributed by atoms with E-state index in [-0.39, 0.29) is 5.97 Å². The highest BCUT2D eigenvalue weighted by Crippen LogP contribution is 2.44. The number of carbonyl (C=O) groups is 1. The van der Waals surface area contributed by atoms with E-state index in [0.29, 0.717) is 16.6 Å². The second kappa shape index (κ2) is 6.89. The van der Waals surface area contributed by atoms with Crippen LogP contribution in [0.3, 0.4) is 0 Å². The number of thiophene rings is 1. The van der Waals surface area contributed by atoms with Crippen molar-refractivity contribution in [2.45, 2.75) is 24.8 Å². The number of hydrogen-bond donors (Lipinski definition) is 1. The summed E-state index contributed by atoms with van der Waals surface area (Å²) in [6, 6.07) is 0.575. The Morgan fingerprint density at radius 1 is 1.33 bits per heavy atom. The summed E-state index contributed by atoms with van der Waals surface area (Å²) >= 11 is 3.04. The fourth-order valence-electron chi connectivity index (χ4n) is 2.51. The molecule has 0 unspecified atom stereocenters. The molecule has 2 heterocycles. The zero-order valence-corrected chi connectivity index (χ0v) is 14.6. The van der Waals surface area contributed by atoms with E-state index < -0.39 is 0 Å². The Kier molecular flexibility index (Phi) is 5.40. The average molecular weight is 329 g/mol. The van der Waals surface area contributed by atoms with Crippen LogP contribution in [-0.2, 0) is 4.74 Å². The van der Waals surface area contributed by atoms with Crippen LogP contribution in [0.15, 0.2) is 4.90 Å². The molecule has 5 nitrogen and oxygen atoms in total. The van der Waals surface area contributed by atoms with E-state index in [9.17, 15) is 4.79 Å². The highest BCUT2D eigenvalue weighted by atomic mass is 32.2. The average Bonchev–Trinajstić information content (AvgIpc) is 2.83. The van der Waals surface area contributed by atoms with Crippen molar-refractivity contribution in [2.75, 3.05) is 50.2 Å². The number of anilines is 2. The van der Waals surface area contributed by atoms with E-state index in [1.54, 1.807) is 11.8 Å². The van der Waals surface area contributed by atoms with E-state index in [2.05, 4.69) is 23.6 Å². The number of nitrogen functional groups attached to an aromatic ring is 1. The summed E-state index contributed by atoms with van der Waals surface area (Å²) in [5.41, 5.74) is 6.68. The molecule has 1 aliphatic rings.